The van der Waals surface area contributed by atoms with Gasteiger partial charge in [-0.05, 0) is 52.4 Å². The molecule has 1 spiro atoms. The lowest BCUT2D eigenvalue weighted by atomic mass is 9.87. The molecule has 3 aromatic rings. The van der Waals surface area contributed by atoms with Crippen LogP contribution in [0.25, 0.3) is 0 Å². The molecule has 2 aliphatic heterocycles. The van der Waals surface area contributed by atoms with E-state index in [1.54, 1.807) is 7.11 Å². The van der Waals surface area contributed by atoms with Gasteiger partial charge in [-0.3, -0.25) is 0 Å². The number of hydrogen-bond acceptors (Lipinski definition) is 5. The van der Waals surface area contributed by atoms with E-state index in [2.05, 4.69) is 94.9 Å². The quantitative estimate of drug-likeness (QED) is 0.166. The first-order chi connectivity index (χ1) is 21.1. The monoisotopic (exact) mass is 614 g/mol. The largest absolute Gasteiger partial charge is 0.497 e. The summed E-state index contributed by atoms with van der Waals surface area (Å²) in [6.45, 7) is 15.4. The summed E-state index contributed by atoms with van der Waals surface area (Å²) in [6, 6.07) is 29.7. The van der Waals surface area contributed by atoms with Gasteiger partial charge in [-0.1, -0.05) is 113 Å². The maximum absolute atomic E-state index is 7.28. The van der Waals surface area contributed by atoms with Crippen molar-refractivity contribution in [2.45, 2.75) is 89.4 Å². The highest BCUT2D eigenvalue weighted by Gasteiger charge is 2.51. The first-order valence-corrected chi connectivity index (χ1v) is 18.0. The number of methoxy groups -OCH3 is 1. The van der Waals surface area contributed by atoms with E-state index in [0.29, 0.717) is 19.8 Å². The lowest BCUT2D eigenvalue weighted by Crippen LogP contribution is -2.67. The van der Waals surface area contributed by atoms with Crippen LogP contribution in [0.5, 0.6) is 5.75 Å². The molecule has 2 saturated heterocycles. The van der Waals surface area contributed by atoms with Crippen molar-refractivity contribution in [1.29, 1.82) is 0 Å². The molecule has 2 fully saturated rings. The molecule has 2 aliphatic rings. The average molecular weight is 615 g/mol. The minimum atomic E-state index is -2.63. The lowest BCUT2D eigenvalue weighted by Gasteiger charge is -2.48. The van der Waals surface area contributed by atoms with Gasteiger partial charge < -0.3 is 23.4 Å². The minimum Gasteiger partial charge on any atom is -0.497 e. The first kappa shape index (κ1) is 32.6. The van der Waals surface area contributed by atoms with Gasteiger partial charge in [0.15, 0.2) is 5.79 Å². The normalized spacial score (nSPS) is 23.4. The molecule has 2 heterocycles. The van der Waals surface area contributed by atoms with E-state index in [-0.39, 0.29) is 23.2 Å². The lowest BCUT2D eigenvalue weighted by molar-refractivity contribution is -0.316. The molecule has 4 atom stereocenters. The molecule has 5 rings (SSSR count). The maximum atomic E-state index is 7.28. The van der Waals surface area contributed by atoms with Crippen molar-refractivity contribution in [2.24, 2.45) is 5.92 Å². The van der Waals surface area contributed by atoms with E-state index in [1.807, 2.05) is 24.3 Å². The van der Waals surface area contributed by atoms with E-state index >= 15 is 0 Å². The van der Waals surface area contributed by atoms with Crippen molar-refractivity contribution in [1.82, 2.24) is 0 Å². The Bertz CT molecular complexity index is 1300. The Kier molecular flexibility index (Phi) is 10.5. The molecule has 0 amide bonds. The summed E-state index contributed by atoms with van der Waals surface area (Å²) in [4.78, 5) is 0. The van der Waals surface area contributed by atoms with Gasteiger partial charge in [0, 0.05) is 25.4 Å². The predicted octanol–water partition coefficient (Wildman–Crippen LogP) is 7.43. The van der Waals surface area contributed by atoms with Crippen LogP contribution in [0.2, 0.25) is 5.04 Å². The van der Waals surface area contributed by atoms with Crippen molar-refractivity contribution in [3.63, 3.8) is 0 Å². The Morgan fingerprint density at radius 1 is 0.932 bits per heavy atom. The fourth-order valence-corrected chi connectivity index (χ4v) is 11.6. The Hall–Kier alpha value is -2.74. The van der Waals surface area contributed by atoms with Crippen molar-refractivity contribution < 1.29 is 23.4 Å². The van der Waals surface area contributed by atoms with Crippen LogP contribution in [0, 0.1) is 5.92 Å². The van der Waals surface area contributed by atoms with Gasteiger partial charge in [0.1, 0.15) is 5.75 Å². The second-order valence-electron chi connectivity index (χ2n) is 13.6. The second-order valence-corrected chi connectivity index (χ2v) is 18.0. The molecule has 3 aromatic carbocycles. The van der Waals surface area contributed by atoms with Crippen molar-refractivity contribution in [3.8, 4) is 5.75 Å². The highest BCUT2D eigenvalue weighted by Crippen LogP contribution is 2.43. The zero-order chi connectivity index (χ0) is 31.2. The molecular weight excluding hydrogens is 564 g/mol. The zero-order valence-electron chi connectivity index (χ0n) is 27.2. The Morgan fingerprint density at radius 3 is 2.16 bits per heavy atom. The summed E-state index contributed by atoms with van der Waals surface area (Å²) < 4.78 is 32.3. The fraction of sp³-hybridized carbons (Fsp3) is 0.474. The summed E-state index contributed by atoms with van der Waals surface area (Å²) in [5.41, 5.74) is 2.31. The molecule has 0 saturated carbocycles. The molecule has 0 bridgehead atoms. The van der Waals surface area contributed by atoms with E-state index < -0.39 is 14.1 Å². The zero-order valence-corrected chi connectivity index (χ0v) is 28.2. The Morgan fingerprint density at radius 2 is 1.57 bits per heavy atom. The minimum absolute atomic E-state index is 0.00258. The Balaban J connectivity index is 1.26. The average Bonchev–Trinajstić information content (AvgIpc) is 3.01. The predicted molar refractivity (Wildman–Crippen MR) is 180 cm³/mol. The van der Waals surface area contributed by atoms with E-state index in [1.165, 1.54) is 15.9 Å². The summed E-state index contributed by atoms with van der Waals surface area (Å²) in [5, 5.41) is 2.52. The van der Waals surface area contributed by atoms with Crippen LogP contribution in [-0.2, 0) is 25.2 Å². The molecule has 6 heteroatoms. The summed E-state index contributed by atoms with van der Waals surface area (Å²) in [7, 11) is -0.954. The molecule has 0 aliphatic carbocycles. The van der Waals surface area contributed by atoms with Gasteiger partial charge in [-0.25, -0.2) is 0 Å². The van der Waals surface area contributed by atoms with Gasteiger partial charge in [-0.15, -0.1) is 0 Å². The van der Waals surface area contributed by atoms with Gasteiger partial charge in [-0.2, -0.15) is 0 Å². The van der Waals surface area contributed by atoms with E-state index in [4.69, 9.17) is 23.4 Å². The number of hydrogen-bond donors (Lipinski definition) is 0. The van der Waals surface area contributed by atoms with Crippen LogP contribution >= 0.6 is 0 Å². The summed E-state index contributed by atoms with van der Waals surface area (Å²) in [5.74, 6) is 0.375. The van der Waals surface area contributed by atoms with Crippen LogP contribution in [0.3, 0.4) is 0 Å². The van der Waals surface area contributed by atoms with Crippen molar-refractivity contribution in [3.05, 3.63) is 103 Å². The molecule has 44 heavy (non-hydrogen) atoms. The maximum Gasteiger partial charge on any atom is 0.261 e. The highest BCUT2D eigenvalue weighted by atomic mass is 28.4. The number of ether oxygens (including phenoxy) is 4. The third-order valence-corrected chi connectivity index (χ3v) is 14.2. The van der Waals surface area contributed by atoms with E-state index in [0.717, 1.165) is 43.4 Å². The summed E-state index contributed by atoms with van der Waals surface area (Å²) in [6.07, 6.45) is 4.43. The first-order valence-electron chi connectivity index (χ1n) is 16.1. The third-order valence-electron chi connectivity index (χ3n) is 9.19. The number of rotatable bonds is 11. The molecule has 236 valence electrons. The smallest absolute Gasteiger partial charge is 0.261 e. The van der Waals surface area contributed by atoms with Crippen molar-refractivity contribution >= 4 is 18.7 Å². The molecule has 5 nitrogen and oxygen atoms in total. The van der Waals surface area contributed by atoms with Crippen LogP contribution in [-0.4, -0.2) is 46.6 Å². The second kappa shape index (κ2) is 14.1. The molecule has 0 unspecified atom stereocenters. The standard InChI is InChI=1S/C38H50O5Si/c1-29-24-36(43-38(25-29)23-13-14-33(42-38)28-40-27-31-19-21-32(39-6)22-20-31)30(2)26-41-44(37(3,4)5,34-15-9-7-10-16-34)35-17-11-8-12-18-35/h7-12,15-22,30,33,36H,1,13-14,23-28H2,2-6H3/t30-,33+,36+,38+/m1/s1. The number of benzene rings is 3. The SMILES string of the molecule is C=C1C[C@@H]([C@H](C)CO[Si](c2ccccc2)(c2ccccc2)C(C)(C)C)O[C@@]2(CCC[C@@H](COCc3ccc(OC)cc3)O2)C1. The topological polar surface area (TPSA) is 46.2 Å². The van der Waals surface area contributed by atoms with Crippen molar-refractivity contribution in [2.75, 3.05) is 20.3 Å². The van der Waals surface area contributed by atoms with Gasteiger partial charge in [0.25, 0.3) is 8.32 Å². The highest BCUT2D eigenvalue weighted by molar-refractivity contribution is 6.99. The van der Waals surface area contributed by atoms with Crippen LogP contribution in [0.15, 0.2) is 97.1 Å². The third kappa shape index (κ3) is 7.38. The Labute approximate surface area is 265 Å². The van der Waals surface area contributed by atoms with E-state index in [9.17, 15) is 0 Å². The molecular formula is C38H50O5Si. The van der Waals surface area contributed by atoms with Crippen LogP contribution in [0.4, 0.5) is 0 Å². The van der Waals surface area contributed by atoms with Crippen LogP contribution in [0.1, 0.15) is 65.4 Å². The fourth-order valence-electron chi connectivity index (χ4n) is 6.92. The van der Waals surface area contributed by atoms with Gasteiger partial charge in [0.2, 0.25) is 0 Å². The van der Waals surface area contributed by atoms with Gasteiger partial charge in [0.05, 0.1) is 32.5 Å². The molecule has 0 radical (unpaired) electrons. The summed E-state index contributed by atoms with van der Waals surface area (Å²) >= 11 is 0. The molecule has 0 N–H and O–H groups in total. The van der Waals surface area contributed by atoms with Gasteiger partial charge >= 0.3 is 0 Å². The van der Waals surface area contributed by atoms with Crippen LogP contribution < -0.4 is 15.1 Å². The molecule has 0 aromatic heterocycles.